The monoisotopic (exact) mass is 226 g/mol. The van der Waals surface area contributed by atoms with Crippen LogP contribution in [-0.2, 0) is 0 Å². The topological polar surface area (TPSA) is 38.0 Å². The molecule has 13 heavy (non-hydrogen) atoms. The van der Waals surface area contributed by atoms with Crippen LogP contribution in [0.1, 0.15) is 32.1 Å². The molecule has 4 heteroatoms. The summed E-state index contributed by atoms with van der Waals surface area (Å²) in [6.45, 7) is 0.898. The van der Waals surface area contributed by atoms with Crippen molar-refractivity contribution in [2.45, 2.75) is 44.2 Å². The molecule has 0 aromatic rings. The highest BCUT2D eigenvalue weighted by molar-refractivity contribution is 5.85. The maximum absolute atomic E-state index is 5.68. The quantitative estimate of drug-likeness (QED) is 0.715. The molecule has 2 nitrogen and oxygen atoms in total. The average Bonchev–Trinajstić information content (AvgIpc) is 2.03. The Morgan fingerprint density at radius 2 is 1.62 bits per heavy atom. The minimum atomic E-state index is 0. The zero-order valence-corrected chi connectivity index (χ0v) is 9.50. The maximum Gasteiger partial charge on any atom is 0.00727 e. The molecule has 2 unspecified atom stereocenters. The predicted molar refractivity (Wildman–Crippen MR) is 60.8 cm³/mol. The normalized spacial score (nSPS) is 37.2. The minimum absolute atomic E-state index is 0. The molecule has 0 aromatic carbocycles. The average molecular weight is 227 g/mol. The third-order valence-corrected chi connectivity index (χ3v) is 3.15. The van der Waals surface area contributed by atoms with Crippen LogP contribution in [0.25, 0.3) is 0 Å². The van der Waals surface area contributed by atoms with E-state index in [4.69, 9.17) is 5.73 Å². The summed E-state index contributed by atoms with van der Waals surface area (Å²) in [6, 6.07) is 1.60. The van der Waals surface area contributed by atoms with Gasteiger partial charge in [-0.3, -0.25) is 0 Å². The van der Waals surface area contributed by atoms with Crippen LogP contribution in [0.3, 0.4) is 0 Å². The van der Waals surface area contributed by atoms with Gasteiger partial charge in [0, 0.05) is 12.1 Å². The molecule has 0 amide bonds. The summed E-state index contributed by atoms with van der Waals surface area (Å²) in [5.74, 6) is 0.812. The van der Waals surface area contributed by atoms with E-state index in [1.165, 1.54) is 32.1 Å². The van der Waals surface area contributed by atoms with E-state index in [9.17, 15) is 0 Å². The predicted octanol–water partition coefficient (Wildman–Crippen LogP) is 1.71. The summed E-state index contributed by atoms with van der Waals surface area (Å²) in [6.07, 6.45) is 6.85. The molecular weight excluding hydrogens is 207 g/mol. The van der Waals surface area contributed by atoms with E-state index < -0.39 is 0 Å². The molecule has 2 atom stereocenters. The number of piperidine rings is 2. The standard InChI is InChI=1S/C9H18N2.2ClH/c10-6-7-4-8-2-1-3-9(5-7)11-8;;/h7-9,11H,1-6,10H2;2*1H. The van der Waals surface area contributed by atoms with Gasteiger partial charge in [-0.05, 0) is 38.1 Å². The van der Waals surface area contributed by atoms with Gasteiger partial charge in [-0.1, -0.05) is 6.42 Å². The fraction of sp³-hybridized carbons (Fsp3) is 1.00. The van der Waals surface area contributed by atoms with Crippen molar-refractivity contribution in [1.29, 1.82) is 0 Å². The highest BCUT2D eigenvalue weighted by Crippen LogP contribution is 2.28. The van der Waals surface area contributed by atoms with Crippen molar-refractivity contribution >= 4 is 24.8 Å². The first-order valence-electron chi connectivity index (χ1n) is 4.84. The van der Waals surface area contributed by atoms with Crippen molar-refractivity contribution in [2.24, 2.45) is 11.7 Å². The Bertz CT molecular complexity index is 132. The van der Waals surface area contributed by atoms with Gasteiger partial charge < -0.3 is 11.1 Å². The molecule has 0 spiro atoms. The van der Waals surface area contributed by atoms with Gasteiger partial charge in [-0.25, -0.2) is 0 Å². The third kappa shape index (κ3) is 3.28. The molecule has 80 valence electrons. The number of fused-ring (bicyclic) bond motifs is 2. The minimum Gasteiger partial charge on any atom is -0.330 e. The van der Waals surface area contributed by atoms with Gasteiger partial charge in [0.2, 0.25) is 0 Å². The Morgan fingerprint density at radius 1 is 1.08 bits per heavy atom. The molecule has 2 fully saturated rings. The number of nitrogens with two attached hydrogens (primary N) is 1. The Hall–Kier alpha value is 0.500. The summed E-state index contributed by atoms with van der Waals surface area (Å²) in [5.41, 5.74) is 5.68. The van der Waals surface area contributed by atoms with E-state index in [0.717, 1.165) is 24.5 Å². The zero-order valence-electron chi connectivity index (χ0n) is 7.87. The van der Waals surface area contributed by atoms with Crippen molar-refractivity contribution in [3.8, 4) is 0 Å². The lowest BCUT2D eigenvalue weighted by Gasteiger charge is -2.40. The molecule has 2 aliphatic rings. The first-order valence-corrected chi connectivity index (χ1v) is 4.84. The second-order valence-electron chi connectivity index (χ2n) is 4.06. The van der Waals surface area contributed by atoms with Crippen LogP contribution >= 0.6 is 24.8 Å². The van der Waals surface area contributed by atoms with Crippen LogP contribution in [0.4, 0.5) is 0 Å². The Morgan fingerprint density at radius 3 is 2.08 bits per heavy atom. The molecule has 0 aromatic heterocycles. The highest BCUT2D eigenvalue weighted by Gasteiger charge is 2.29. The Kier molecular flexibility index (Phi) is 6.31. The van der Waals surface area contributed by atoms with Crippen LogP contribution in [-0.4, -0.2) is 18.6 Å². The smallest absolute Gasteiger partial charge is 0.00727 e. The lowest BCUT2D eigenvalue weighted by atomic mass is 9.80. The molecule has 2 bridgehead atoms. The molecule has 2 heterocycles. The van der Waals surface area contributed by atoms with Crippen LogP contribution in [0.2, 0.25) is 0 Å². The van der Waals surface area contributed by atoms with Gasteiger partial charge in [-0.2, -0.15) is 0 Å². The molecule has 2 aliphatic heterocycles. The van der Waals surface area contributed by atoms with Crippen molar-refractivity contribution in [3.05, 3.63) is 0 Å². The molecule has 0 saturated carbocycles. The first kappa shape index (κ1) is 13.5. The van der Waals surface area contributed by atoms with E-state index in [1.54, 1.807) is 0 Å². The van der Waals surface area contributed by atoms with Gasteiger partial charge in [0.25, 0.3) is 0 Å². The third-order valence-electron chi connectivity index (χ3n) is 3.15. The SMILES string of the molecule is Cl.Cl.NCC1CC2CCCC(C1)N2. The van der Waals surface area contributed by atoms with E-state index in [-0.39, 0.29) is 24.8 Å². The van der Waals surface area contributed by atoms with Crippen molar-refractivity contribution in [2.75, 3.05) is 6.54 Å². The molecular formula is C9H20Cl2N2. The number of rotatable bonds is 1. The number of nitrogens with one attached hydrogen (secondary N) is 1. The lowest BCUT2D eigenvalue weighted by Crippen LogP contribution is -2.49. The van der Waals surface area contributed by atoms with Crippen LogP contribution in [0.5, 0.6) is 0 Å². The van der Waals surface area contributed by atoms with Gasteiger partial charge in [0.05, 0.1) is 0 Å². The fourth-order valence-corrected chi connectivity index (χ4v) is 2.58. The van der Waals surface area contributed by atoms with E-state index in [1.807, 2.05) is 0 Å². The van der Waals surface area contributed by atoms with Crippen molar-refractivity contribution in [3.63, 3.8) is 0 Å². The summed E-state index contributed by atoms with van der Waals surface area (Å²) in [5, 5.41) is 3.66. The molecule has 0 radical (unpaired) electrons. The highest BCUT2D eigenvalue weighted by atomic mass is 35.5. The van der Waals surface area contributed by atoms with Gasteiger partial charge >= 0.3 is 0 Å². The maximum atomic E-state index is 5.68. The fourth-order valence-electron chi connectivity index (χ4n) is 2.58. The number of halogens is 2. The summed E-state index contributed by atoms with van der Waals surface area (Å²) >= 11 is 0. The molecule has 3 N–H and O–H groups in total. The second kappa shape index (κ2) is 6.07. The molecule has 2 rings (SSSR count). The van der Waals surface area contributed by atoms with E-state index >= 15 is 0 Å². The van der Waals surface area contributed by atoms with E-state index in [0.29, 0.717) is 0 Å². The molecule has 0 aliphatic carbocycles. The van der Waals surface area contributed by atoms with Crippen molar-refractivity contribution < 1.29 is 0 Å². The Balaban J connectivity index is 0.000000720. The Labute approximate surface area is 92.8 Å². The number of hydrogen-bond donors (Lipinski definition) is 2. The zero-order chi connectivity index (χ0) is 7.68. The van der Waals surface area contributed by atoms with Crippen LogP contribution in [0, 0.1) is 5.92 Å². The van der Waals surface area contributed by atoms with Crippen molar-refractivity contribution in [1.82, 2.24) is 5.32 Å². The van der Waals surface area contributed by atoms with Crippen LogP contribution in [0.15, 0.2) is 0 Å². The summed E-state index contributed by atoms with van der Waals surface area (Å²) in [4.78, 5) is 0. The summed E-state index contributed by atoms with van der Waals surface area (Å²) in [7, 11) is 0. The van der Waals surface area contributed by atoms with Crippen LogP contribution < -0.4 is 11.1 Å². The van der Waals surface area contributed by atoms with Gasteiger partial charge in [0.1, 0.15) is 0 Å². The van der Waals surface area contributed by atoms with Gasteiger partial charge in [-0.15, -0.1) is 24.8 Å². The second-order valence-corrected chi connectivity index (χ2v) is 4.06. The summed E-state index contributed by atoms with van der Waals surface area (Å²) < 4.78 is 0. The largest absolute Gasteiger partial charge is 0.330 e. The lowest BCUT2D eigenvalue weighted by molar-refractivity contribution is 0.189. The number of hydrogen-bond acceptors (Lipinski definition) is 2. The molecule has 2 saturated heterocycles. The van der Waals surface area contributed by atoms with E-state index in [2.05, 4.69) is 5.32 Å². The first-order chi connectivity index (χ1) is 5.38. The van der Waals surface area contributed by atoms with Gasteiger partial charge in [0.15, 0.2) is 0 Å².